The second-order valence-corrected chi connectivity index (χ2v) is 6.41. The highest BCUT2D eigenvalue weighted by atomic mass is 19.4. The second kappa shape index (κ2) is 5.72. The van der Waals surface area contributed by atoms with Crippen molar-refractivity contribution in [2.24, 2.45) is 0 Å². The first-order valence-corrected chi connectivity index (χ1v) is 7.04. The van der Waals surface area contributed by atoms with Gasteiger partial charge in [0.1, 0.15) is 5.75 Å². The van der Waals surface area contributed by atoms with Gasteiger partial charge in [0, 0.05) is 5.56 Å². The maximum absolute atomic E-state index is 12.9. The summed E-state index contributed by atoms with van der Waals surface area (Å²) in [5.74, 6) is -0.313. The Balaban J connectivity index is 2.70. The highest BCUT2D eigenvalue weighted by Gasteiger charge is 2.30. The second-order valence-electron chi connectivity index (χ2n) is 6.41. The monoisotopic (exact) mass is 322 g/mol. The van der Waals surface area contributed by atoms with Crippen LogP contribution in [-0.2, 0) is 11.6 Å². The minimum absolute atomic E-state index is 0.0600. The Kier molecular flexibility index (Phi) is 4.24. The van der Waals surface area contributed by atoms with Gasteiger partial charge in [0.15, 0.2) is 6.29 Å². The normalized spacial score (nSPS) is 12.3. The Morgan fingerprint density at radius 1 is 1.00 bits per heavy atom. The summed E-state index contributed by atoms with van der Waals surface area (Å²) in [6.45, 7) is 5.76. The number of carbonyl (C=O) groups excluding carboxylic acids is 1. The molecule has 0 radical (unpaired) electrons. The van der Waals surface area contributed by atoms with Crippen molar-refractivity contribution in [1.29, 1.82) is 0 Å². The number of phenolic OH excluding ortho intramolecular Hbond substituents is 1. The standard InChI is InChI=1S/C18H17F3O2/c1-17(2,3)14-8-12(10-22)16(23)15(9-14)11-5-4-6-13(7-11)18(19,20)21/h4-10,23H,1-3H3. The van der Waals surface area contributed by atoms with E-state index < -0.39 is 11.7 Å². The Morgan fingerprint density at radius 2 is 1.65 bits per heavy atom. The number of carbonyl (C=O) groups is 1. The maximum Gasteiger partial charge on any atom is 0.416 e. The Labute approximate surface area is 132 Å². The molecule has 0 saturated carbocycles. The summed E-state index contributed by atoms with van der Waals surface area (Å²) < 4.78 is 38.6. The van der Waals surface area contributed by atoms with Gasteiger partial charge in [-0.25, -0.2) is 0 Å². The lowest BCUT2D eigenvalue weighted by Crippen LogP contribution is -2.12. The van der Waals surface area contributed by atoms with Crippen molar-refractivity contribution in [2.45, 2.75) is 32.4 Å². The molecule has 23 heavy (non-hydrogen) atoms. The van der Waals surface area contributed by atoms with E-state index in [0.29, 0.717) is 6.29 Å². The van der Waals surface area contributed by atoms with Crippen LogP contribution < -0.4 is 0 Å². The van der Waals surface area contributed by atoms with Crippen LogP contribution in [0.2, 0.25) is 0 Å². The number of aldehydes is 1. The highest BCUT2D eigenvalue weighted by molar-refractivity contribution is 5.86. The zero-order valence-electron chi connectivity index (χ0n) is 13.0. The quantitative estimate of drug-likeness (QED) is 0.773. The molecule has 0 bridgehead atoms. The molecular formula is C18H17F3O2. The Morgan fingerprint density at radius 3 is 2.17 bits per heavy atom. The summed E-state index contributed by atoms with van der Waals surface area (Å²) in [7, 11) is 0. The van der Waals surface area contributed by atoms with Crippen LogP contribution in [0, 0.1) is 0 Å². The van der Waals surface area contributed by atoms with Gasteiger partial charge in [0.25, 0.3) is 0 Å². The van der Waals surface area contributed by atoms with E-state index in [0.717, 1.165) is 17.7 Å². The molecule has 122 valence electrons. The molecule has 2 aromatic carbocycles. The summed E-state index contributed by atoms with van der Waals surface area (Å²) in [4.78, 5) is 11.2. The van der Waals surface area contributed by atoms with Gasteiger partial charge < -0.3 is 5.11 Å². The average molecular weight is 322 g/mol. The fourth-order valence-electron chi connectivity index (χ4n) is 2.26. The molecule has 0 aliphatic heterocycles. The zero-order valence-corrected chi connectivity index (χ0v) is 13.0. The number of halogens is 3. The Hall–Kier alpha value is -2.30. The average Bonchev–Trinajstić information content (AvgIpc) is 2.45. The third kappa shape index (κ3) is 3.55. The molecule has 2 rings (SSSR count). The summed E-state index contributed by atoms with van der Waals surface area (Å²) in [6, 6.07) is 7.87. The molecular weight excluding hydrogens is 305 g/mol. The number of rotatable bonds is 2. The number of benzene rings is 2. The lowest BCUT2D eigenvalue weighted by atomic mass is 9.83. The molecule has 0 aromatic heterocycles. The summed E-state index contributed by atoms with van der Waals surface area (Å²) >= 11 is 0. The first-order valence-electron chi connectivity index (χ1n) is 7.04. The number of phenols is 1. The fraction of sp³-hybridized carbons (Fsp3) is 0.278. The van der Waals surface area contributed by atoms with Gasteiger partial charge in [-0.3, -0.25) is 4.79 Å². The largest absolute Gasteiger partial charge is 0.507 e. The minimum atomic E-state index is -4.47. The van der Waals surface area contributed by atoms with Crippen LogP contribution in [0.25, 0.3) is 11.1 Å². The van der Waals surface area contributed by atoms with Gasteiger partial charge in [0.2, 0.25) is 0 Å². The van der Waals surface area contributed by atoms with E-state index in [1.807, 2.05) is 20.8 Å². The first kappa shape index (κ1) is 17.1. The van der Waals surface area contributed by atoms with E-state index in [4.69, 9.17) is 0 Å². The van der Waals surface area contributed by atoms with Crippen LogP contribution in [0.15, 0.2) is 36.4 Å². The zero-order chi connectivity index (χ0) is 17.4. The smallest absolute Gasteiger partial charge is 0.416 e. The summed E-state index contributed by atoms with van der Waals surface area (Å²) in [6.07, 6.45) is -3.97. The molecule has 0 unspecified atom stereocenters. The van der Waals surface area contributed by atoms with E-state index in [1.165, 1.54) is 12.1 Å². The van der Waals surface area contributed by atoms with Gasteiger partial charge in [-0.05, 0) is 40.8 Å². The molecule has 0 aliphatic carbocycles. The summed E-state index contributed by atoms with van der Waals surface area (Å²) in [5, 5.41) is 10.2. The molecule has 2 nitrogen and oxygen atoms in total. The van der Waals surface area contributed by atoms with E-state index in [-0.39, 0.29) is 27.9 Å². The predicted molar refractivity (Wildman–Crippen MR) is 82.6 cm³/mol. The first-order chi connectivity index (χ1) is 10.5. The molecule has 0 spiro atoms. The third-order valence-corrected chi connectivity index (χ3v) is 3.63. The molecule has 1 N–H and O–H groups in total. The van der Waals surface area contributed by atoms with Crippen molar-refractivity contribution in [3.8, 4) is 16.9 Å². The minimum Gasteiger partial charge on any atom is -0.507 e. The molecule has 0 heterocycles. The topological polar surface area (TPSA) is 37.3 Å². The number of aromatic hydroxyl groups is 1. The number of hydrogen-bond acceptors (Lipinski definition) is 2. The molecule has 0 saturated heterocycles. The number of hydrogen-bond donors (Lipinski definition) is 1. The lowest BCUT2D eigenvalue weighted by molar-refractivity contribution is -0.137. The van der Waals surface area contributed by atoms with Crippen molar-refractivity contribution in [3.63, 3.8) is 0 Å². The molecule has 2 aromatic rings. The molecule has 5 heteroatoms. The van der Waals surface area contributed by atoms with Crippen LogP contribution in [0.4, 0.5) is 13.2 Å². The third-order valence-electron chi connectivity index (χ3n) is 3.63. The van der Waals surface area contributed by atoms with Crippen molar-refractivity contribution >= 4 is 6.29 Å². The van der Waals surface area contributed by atoms with Crippen LogP contribution in [0.3, 0.4) is 0 Å². The van der Waals surface area contributed by atoms with Gasteiger partial charge in [-0.15, -0.1) is 0 Å². The van der Waals surface area contributed by atoms with Crippen molar-refractivity contribution in [3.05, 3.63) is 53.1 Å². The van der Waals surface area contributed by atoms with E-state index >= 15 is 0 Å². The van der Waals surface area contributed by atoms with Crippen LogP contribution in [0.1, 0.15) is 42.3 Å². The number of alkyl halides is 3. The van der Waals surface area contributed by atoms with Crippen LogP contribution >= 0.6 is 0 Å². The van der Waals surface area contributed by atoms with Gasteiger partial charge >= 0.3 is 6.18 Å². The van der Waals surface area contributed by atoms with Crippen molar-refractivity contribution in [2.75, 3.05) is 0 Å². The van der Waals surface area contributed by atoms with E-state index in [9.17, 15) is 23.1 Å². The maximum atomic E-state index is 12.9. The lowest BCUT2D eigenvalue weighted by Gasteiger charge is -2.21. The fourth-order valence-corrected chi connectivity index (χ4v) is 2.26. The van der Waals surface area contributed by atoms with Gasteiger partial charge in [-0.2, -0.15) is 13.2 Å². The van der Waals surface area contributed by atoms with E-state index in [2.05, 4.69) is 0 Å². The summed E-state index contributed by atoms with van der Waals surface area (Å²) in [5.41, 5.74) is 0.122. The van der Waals surface area contributed by atoms with Crippen molar-refractivity contribution < 1.29 is 23.1 Å². The van der Waals surface area contributed by atoms with E-state index in [1.54, 1.807) is 12.1 Å². The van der Waals surface area contributed by atoms with Gasteiger partial charge in [-0.1, -0.05) is 32.9 Å². The Bertz CT molecular complexity index is 741. The van der Waals surface area contributed by atoms with Crippen molar-refractivity contribution in [1.82, 2.24) is 0 Å². The molecule has 0 atom stereocenters. The van der Waals surface area contributed by atoms with Crippen LogP contribution in [0.5, 0.6) is 5.75 Å². The molecule has 0 fully saturated rings. The van der Waals surface area contributed by atoms with Crippen LogP contribution in [-0.4, -0.2) is 11.4 Å². The SMILES string of the molecule is CC(C)(C)c1cc(C=O)c(O)c(-c2cccc(C(F)(F)F)c2)c1. The van der Waals surface area contributed by atoms with Gasteiger partial charge in [0.05, 0.1) is 11.1 Å². The highest BCUT2D eigenvalue weighted by Crippen LogP contribution is 2.38. The molecule has 0 aliphatic rings. The predicted octanol–water partition coefficient (Wildman–Crippen LogP) is 5.19. The molecule has 0 amide bonds.